The number of hydrogen-bond acceptors (Lipinski definition) is 8. The maximum Gasteiger partial charge on any atom is 0.253 e. The summed E-state index contributed by atoms with van der Waals surface area (Å²) in [5, 5.41) is 8.23. The Kier molecular flexibility index (Phi) is 7.11. The van der Waals surface area contributed by atoms with E-state index in [9.17, 15) is 13.2 Å². The highest BCUT2D eigenvalue weighted by Crippen LogP contribution is 2.21. The van der Waals surface area contributed by atoms with Gasteiger partial charge in [-0.1, -0.05) is 0 Å². The predicted molar refractivity (Wildman–Crippen MR) is 122 cm³/mol. The van der Waals surface area contributed by atoms with E-state index in [1.54, 1.807) is 23.1 Å². The Hall–Kier alpha value is -2.76. The number of piperidine rings is 1. The Labute approximate surface area is 194 Å². The zero-order chi connectivity index (χ0) is 23.4. The van der Waals surface area contributed by atoms with Gasteiger partial charge in [-0.25, -0.2) is 8.42 Å². The second-order valence-electron chi connectivity index (χ2n) is 8.30. The van der Waals surface area contributed by atoms with Gasteiger partial charge in [0.2, 0.25) is 15.9 Å². The molecule has 2 saturated heterocycles. The number of nitrogens with zero attached hydrogens (tertiary/aromatic N) is 5. The van der Waals surface area contributed by atoms with E-state index in [0.29, 0.717) is 50.8 Å². The van der Waals surface area contributed by atoms with Crippen molar-refractivity contribution in [1.29, 1.82) is 0 Å². The summed E-state index contributed by atoms with van der Waals surface area (Å²) < 4.78 is 38.2. The zero-order valence-electron chi connectivity index (χ0n) is 18.9. The van der Waals surface area contributed by atoms with Gasteiger partial charge in [-0.2, -0.15) is 4.31 Å². The molecular formula is C22H29N5O5S. The molecule has 1 aromatic carbocycles. The van der Waals surface area contributed by atoms with Crippen molar-refractivity contribution in [1.82, 2.24) is 19.4 Å². The first-order valence-corrected chi connectivity index (χ1v) is 12.4. The molecule has 178 valence electrons. The lowest BCUT2D eigenvalue weighted by Crippen LogP contribution is -2.44. The maximum absolute atomic E-state index is 13.0. The summed E-state index contributed by atoms with van der Waals surface area (Å²) >= 11 is 0. The maximum atomic E-state index is 13.0. The van der Waals surface area contributed by atoms with E-state index < -0.39 is 10.0 Å². The highest BCUT2D eigenvalue weighted by atomic mass is 32.2. The molecule has 1 unspecified atom stereocenters. The van der Waals surface area contributed by atoms with E-state index in [1.165, 1.54) is 16.4 Å². The Balaban J connectivity index is 1.39. The monoisotopic (exact) mass is 475 g/mol. The molecule has 0 saturated carbocycles. The molecule has 1 amide bonds. The van der Waals surface area contributed by atoms with Crippen LogP contribution in [0.4, 0.5) is 5.82 Å². The number of ether oxygens (including phenoxy) is 2. The highest BCUT2D eigenvalue weighted by Gasteiger charge is 2.28. The molecule has 0 spiro atoms. The normalized spacial score (nSPS) is 19.8. The molecule has 2 aromatic rings. The standard InChI is InChI=1S/C22H29N5O5S/c1-25(2)20-9-10-21(24-23-20)32-18-4-3-11-26(16-18)22(28)17-5-7-19(8-6-17)33(29,30)27-12-14-31-15-13-27/h5-10,18H,3-4,11-16H2,1-2H3. The van der Waals surface area contributed by atoms with Gasteiger partial charge in [-0.05, 0) is 43.2 Å². The lowest BCUT2D eigenvalue weighted by atomic mass is 10.1. The third-order valence-corrected chi connectivity index (χ3v) is 7.66. The fourth-order valence-electron chi connectivity index (χ4n) is 3.89. The molecule has 0 radical (unpaired) electrons. The number of carbonyl (C=O) groups excluding carboxylic acids is 1. The number of rotatable bonds is 6. The van der Waals surface area contributed by atoms with Crippen molar-refractivity contribution in [2.45, 2.75) is 23.8 Å². The van der Waals surface area contributed by atoms with Crippen LogP contribution >= 0.6 is 0 Å². The molecule has 1 atom stereocenters. The molecule has 33 heavy (non-hydrogen) atoms. The smallest absolute Gasteiger partial charge is 0.253 e. The number of carbonyl (C=O) groups is 1. The van der Waals surface area contributed by atoms with Gasteiger partial charge in [0.1, 0.15) is 6.10 Å². The minimum absolute atomic E-state index is 0.146. The third-order valence-electron chi connectivity index (χ3n) is 5.75. The third kappa shape index (κ3) is 5.43. The molecule has 3 heterocycles. The van der Waals surface area contributed by atoms with Gasteiger partial charge in [0.05, 0.1) is 24.7 Å². The van der Waals surface area contributed by atoms with Crippen LogP contribution in [0, 0.1) is 0 Å². The summed E-state index contributed by atoms with van der Waals surface area (Å²) in [7, 11) is 0.189. The molecule has 0 N–H and O–H groups in total. The Morgan fingerprint density at radius 3 is 2.42 bits per heavy atom. The van der Waals surface area contributed by atoms with Crippen molar-refractivity contribution < 1.29 is 22.7 Å². The van der Waals surface area contributed by atoms with Gasteiger partial charge in [0, 0.05) is 45.4 Å². The zero-order valence-corrected chi connectivity index (χ0v) is 19.7. The van der Waals surface area contributed by atoms with E-state index in [4.69, 9.17) is 9.47 Å². The molecule has 1 aromatic heterocycles. The van der Waals surface area contributed by atoms with Gasteiger partial charge in [-0.15, -0.1) is 10.2 Å². The quantitative estimate of drug-likeness (QED) is 0.615. The van der Waals surface area contributed by atoms with Crippen molar-refractivity contribution >= 4 is 21.7 Å². The van der Waals surface area contributed by atoms with Crippen LogP contribution < -0.4 is 9.64 Å². The summed E-state index contributed by atoms with van der Waals surface area (Å²) in [6.45, 7) is 2.50. The largest absolute Gasteiger partial charge is 0.471 e. The van der Waals surface area contributed by atoms with Crippen LogP contribution in [-0.2, 0) is 14.8 Å². The van der Waals surface area contributed by atoms with E-state index in [-0.39, 0.29) is 16.9 Å². The number of anilines is 1. The van der Waals surface area contributed by atoms with Gasteiger partial charge >= 0.3 is 0 Å². The number of hydrogen-bond donors (Lipinski definition) is 0. The summed E-state index contributed by atoms with van der Waals surface area (Å²) in [4.78, 5) is 16.8. The van der Waals surface area contributed by atoms with Gasteiger partial charge < -0.3 is 19.3 Å². The molecule has 2 fully saturated rings. The SMILES string of the molecule is CN(C)c1ccc(OC2CCCN(C(=O)c3ccc(S(=O)(=O)N4CCOCC4)cc3)C2)nn1. The van der Waals surface area contributed by atoms with E-state index in [0.717, 1.165) is 18.7 Å². The van der Waals surface area contributed by atoms with E-state index >= 15 is 0 Å². The Morgan fingerprint density at radius 1 is 1.06 bits per heavy atom. The Morgan fingerprint density at radius 2 is 1.79 bits per heavy atom. The highest BCUT2D eigenvalue weighted by molar-refractivity contribution is 7.89. The lowest BCUT2D eigenvalue weighted by molar-refractivity contribution is 0.0525. The first-order valence-electron chi connectivity index (χ1n) is 11.0. The molecule has 2 aliphatic heterocycles. The molecule has 0 bridgehead atoms. The van der Waals surface area contributed by atoms with Gasteiger partial charge in [0.15, 0.2) is 5.82 Å². The van der Waals surface area contributed by atoms with Gasteiger partial charge in [-0.3, -0.25) is 4.79 Å². The number of sulfonamides is 1. The van der Waals surface area contributed by atoms with Crippen molar-refractivity contribution in [3.8, 4) is 5.88 Å². The van der Waals surface area contributed by atoms with E-state index in [2.05, 4.69) is 10.2 Å². The molecule has 11 heteroatoms. The first kappa shape index (κ1) is 23.4. The van der Waals surface area contributed by atoms with Crippen molar-refractivity contribution in [2.24, 2.45) is 0 Å². The van der Waals surface area contributed by atoms with Gasteiger partial charge in [0.25, 0.3) is 5.91 Å². The van der Waals surface area contributed by atoms with Crippen LogP contribution in [0.15, 0.2) is 41.3 Å². The second kappa shape index (κ2) is 10.0. The number of morpholine rings is 1. The molecule has 10 nitrogen and oxygen atoms in total. The predicted octanol–water partition coefficient (Wildman–Crippen LogP) is 1.25. The Bertz CT molecular complexity index is 1050. The molecule has 0 aliphatic carbocycles. The fourth-order valence-corrected chi connectivity index (χ4v) is 5.30. The van der Waals surface area contributed by atoms with Crippen molar-refractivity contribution in [3.63, 3.8) is 0 Å². The summed E-state index contributed by atoms with van der Waals surface area (Å²) in [6.07, 6.45) is 1.45. The number of aromatic nitrogens is 2. The molecular weight excluding hydrogens is 446 g/mol. The summed E-state index contributed by atoms with van der Waals surface area (Å²) in [5.41, 5.74) is 0.451. The minimum Gasteiger partial charge on any atom is -0.471 e. The van der Waals surface area contributed by atoms with Crippen LogP contribution in [0.25, 0.3) is 0 Å². The van der Waals surface area contributed by atoms with Crippen molar-refractivity contribution in [3.05, 3.63) is 42.0 Å². The number of likely N-dealkylation sites (tertiary alicyclic amines) is 1. The lowest BCUT2D eigenvalue weighted by Gasteiger charge is -2.32. The van der Waals surface area contributed by atoms with Crippen LogP contribution in [0.1, 0.15) is 23.2 Å². The van der Waals surface area contributed by atoms with E-state index in [1.807, 2.05) is 25.1 Å². The summed E-state index contributed by atoms with van der Waals surface area (Å²) in [5.74, 6) is 1.02. The first-order chi connectivity index (χ1) is 15.8. The minimum atomic E-state index is -3.59. The average molecular weight is 476 g/mol. The van der Waals surface area contributed by atoms with Crippen LogP contribution in [0.2, 0.25) is 0 Å². The molecule has 4 rings (SSSR count). The summed E-state index contributed by atoms with van der Waals surface area (Å²) in [6, 6.07) is 9.75. The van der Waals surface area contributed by atoms with Crippen molar-refractivity contribution in [2.75, 3.05) is 58.4 Å². The van der Waals surface area contributed by atoms with Crippen LogP contribution in [0.3, 0.4) is 0 Å². The number of amides is 1. The van der Waals surface area contributed by atoms with Crippen LogP contribution in [-0.4, -0.2) is 93.3 Å². The average Bonchev–Trinajstić information content (AvgIpc) is 2.85. The number of benzene rings is 1. The second-order valence-corrected chi connectivity index (χ2v) is 10.2. The topological polar surface area (TPSA) is 105 Å². The van der Waals surface area contributed by atoms with Crippen LogP contribution in [0.5, 0.6) is 5.88 Å². The fraction of sp³-hybridized carbons (Fsp3) is 0.500. The molecule has 2 aliphatic rings.